The zero-order valence-electron chi connectivity index (χ0n) is 19.5. The standard InChI is InChI=1S/C25H20Cl2N8OS/c1-16-6-8-17(9-7-16)13-28-31-24(36)15-37-25-32-30-23(35(25)21-11-10-18(26)12-19(21)27)14-34-22-5-3-2-4-20(22)29-33-34/h2-13H,14-15H2,1H3,(H,31,36). The van der Waals surface area contributed by atoms with E-state index in [0.717, 1.165) is 22.2 Å². The van der Waals surface area contributed by atoms with Crippen LogP contribution >= 0.6 is 35.0 Å². The minimum Gasteiger partial charge on any atom is -0.272 e. The number of fused-ring (bicyclic) bond motifs is 1. The Kier molecular flexibility index (Phi) is 7.50. The van der Waals surface area contributed by atoms with E-state index in [1.807, 2.05) is 55.5 Å². The van der Waals surface area contributed by atoms with Gasteiger partial charge in [0.05, 0.1) is 28.2 Å². The Morgan fingerprint density at radius 2 is 1.86 bits per heavy atom. The van der Waals surface area contributed by atoms with Gasteiger partial charge in [0.15, 0.2) is 11.0 Å². The number of nitrogens with zero attached hydrogens (tertiary/aromatic N) is 7. The third-order valence-electron chi connectivity index (χ3n) is 5.38. The lowest BCUT2D eigenvalue weighted by Crippen LogP contribution is -2.20. The van der Waals surface area contributed by atoms with Gasteiger partial charge in [0.1, 0.15) is 12.1 Å². The number of aryl methyl sites for hydroxylation is 1. The monoisotopic (exact) mass is 550 g/mol. The summed E-state index contributed by atoms with van der Waals surface area (Å²) in [5.74, 6) is 0.356. The molecule has 0 spiro atoms. The van der Waals surface area contributed by atoms with E-state index in [4.69, 9.17) is 23.2 Å². The number of amides is 1. The smallest absolute Gasteiger partial charge is 0.250 e. The number of carbonyl (C=O) groups is 1. The largest absolute Gasteiger partial charge is 0.272 e. The van der Waals surface area contributed by atoms with Gasteiger partial charge in [0, 0.05) is 5.02 Å². The molecule has 0 saturated heterocycles. The fourth-order valence-corrected chi connectivity index (χ4v) is 4.81. The number of hydrazone groups is 1. The van der Waals surface area contributed by atoms with Crippen LogP contribution in [0.5, 0.6) is 0 Å². The summed E-state index contributed by atoms with van der Waals surface area (Å²) < 4.78 is 3.53. The highest BCUT2D eigenvalue weighted by Gasteiger charge is 2.19. The molecule has 2 aromatic heterocycles. The van der Waals surface area contributed by atoms with Gasteiger partial charge in [-0.25, -0.2) is 10.1 Å². The van der Waals surface area contributed by atoms with E-state index in [2.05, 4.69) is 31.0 Å². The minimum atomic E-state index is -0.283. The maximum absolute atomic E-state index is 12.5. The third kappa shape index (κ3) is 5.82. The zero-order chi connectivity index (χ0) is 25.8. The zero-order valence-corrected chi connectivity index (χ0v) is 21.9. The lowest BCUT2D eigenvalue weighted by molar-refractivity contribution is -0.118. The highest BCUT2D eigenvalue weighted by atomic mass is 35.5. The van der Waals surface area contributed by atoms with Crippen LogP contribution < -0.4 is 5.43 Å². The van der Waals surface area contributed by atoms with Crippen molar-refractivity contribution in [2.45, 2.75) is 18.6 Å². The van der Waals surface area contributed by atoms with Gasteiger partial charge >= 0.3 is 0 Å². The van der Waals surface area contributed by atoms with Crippen LogP contribution in [0, 0.1) is 6.92 Å². The summed E-state index contributed by atoms with van der Waals surface area (Å²) in [5.41, 5.74) is 6.85. The van der Waals surface area contributed by atoms with Crippen LogP contribution in [0.1, 0.15) is 17.0 Å². The maximum atomic E-state index is 12.5. The van der Waals surface area contributed by atoms with Crippen molar-refractivity contribution < 1.29 is 4.79 Å². The topological polar surface area (TPSA) is 103 Å². The lowest BCUT2D eigenvalue weighted by atomic mass is 10.2. The molecule has 0 aliphatic carbocycles. The molecule has 1 amide bonds. The average Bonchev–Trinajstić information content (AvgIpc) is 3.48. The predicted octanol–water partition coefficient (Wildman–Crippen LogP) is 4.92. The molecule has 0 atom stereocenters. The molecule has 0 fully saturated rings. The van der Waals surface area contributed by atoms with E-state index in [0.29, 0.717) is 33.3 Å². The van der Waals surface area contributed by atoms with Crippen LogP contribution in [0.25, 0.3) is 16.7 Å². The highest BCUT2D eigenvalue weighted by molar-refractivity contribution is 7.99. The second-order valence-corrected chi connectivity index (χ2v) is 9.84. The fourth-order valence-electron chi connectivity index (χ4n) is 3.56. The third-order valence-corrected chi connectivity index (χ3v) is 6.84. The number of aromatic nitrogens is 6. The highest BCUT2D eigenvalue weighted by Crippen LogP contribution is 2.30. The SMILES string of the molecule is Cc1ccc(C=NNC(=O)CSc2nnc(Cn3nnc4ccccc43)n2-c2ccc(Cl)cc2Cl)cc1. The Morgan fingerprint density at radius 3 is 2.68 bits per heavy atom. The number of carbonyl (C=O) groups excluding carboxylic acids is 1. The fraction of sp³-hybridized carbons (Fsp3) is 0.120. The van der Waals surface area contributed by atoms with Crippen LogP contribution in [-0.2, 0) is 11.3 Å². The molecule has 0 saturated carbocycles. The molecule has 0 aliphatic rings. The molecule has 37 heavy (non-hydrogen) atoms. The lowest BCUT2D eigenvalue weighted by Gasteiger charge is -2.12. The van der Waals surface area contributed by atoms with Gasteiger partial charge in [0.25, 0.3) is 5.91 Å². The number of benzene rings is 3. The molecule has 0 bridgehead atoms. The van der Waals surface area contributed by atoms with Crippen molar-refractivity contribution in [3.8, 4) is 5.69 Å². The quantitative estimate of drug-likeness (QED) is 0.167. The maximum Gasteiger partial charge on any atom is 0.250 e. The summed E-state index contributed by atoms with van der Waals surface area (Å²) in [7, 11) is 0. The molecule has 1 N–H and O–H groups in total. The number of halogens is 2. The molecule has 0 aliphatic heterocycles. The van der Waals surface area contributed by atoms with Crippen molar-refractivity contribution in [3.63, 3.8) is 0 Å². The number of hydrogen-bond donors (Lipinski definition) is 1. The van der Waals surface area contributed by atoms with Gasteiger partial charge in [-0.15, -0.1) is 15.3 Å². The minimum absolute atomic E-state index is 0.0703. The first-order valence-corrected chi connectivity index (χ1v) is 12.9. The Labute approximate surface area is 226 Å². The molecule has 186 valence electrons. The van der Waals surface area contributed by atoms with Crippen LogP contribution in [-0.4, -0.2) is 47.6 Å². The second-order valence-electron chi connectivity index (χ2n) is 8.06. The molecule has 2 heterocycles. The van der Waals surface area contributed by atoms with Gasteiger partial charge in [-0.2, -0.15) is 5.10 Å². The first-order chi connectivity index (χ1) is 18.0. The molecular weight excluding hydrogens is 531 g/mol. The summed E-state index contributed by atoms with van der Waals surface area (Å²) in [6.45, 7) is 2.30. The summed E-state index contributed by atoms with van der Waals surface area (Å²) in [4.78, 5) is 12.5. The molecule has 12 heteroatoms. The van der Waals surface area contributed by atoms with Crippen molar-refractivity contribution in [1.82, 2.24) is 35.2 Å². The Balaban J connectivity index is 1.36. The number of para-hydroxylation sites is 1. The van der Waals surface area contributed by atoms with Crippen molar-refractivity contribution in [2.75, 3.05) is 5.75 Å². The molecule has 0 radical (unpaired) electrons. The van der Waals surface area contributed by atoms with E-state index < -0.39 is 0 Å². The van der Waals surface area contributed by atoms with Crippen LogP contribution in [0.2, 0.25) is 10.0 Å². The summed E-state index contributed by atoms with van der Waals surface area (Å²) in [6, 6.07) is 20.6. The first kappa shape index (κ1) is 24.9. The van der Waals surface area contributed by atoms with Gasteiger partial charge < -0.3 is 0 Å². The van der Waals surface area contributed by atoms with Gasteiger partial charge in [-0.05, 0) is 42.8 Å². The summed E-state index contributed by atoms with van der Waals surface area (Å²) in [6.07, 6.45) is 1.60. The Bertz CT molecular complexity index is 1600. The van der Waals surface area contributed by atoms with Gasteiger partial charge in [-0.3, -0.25) is 9.36 Å². The van der Waals surface area contributed by atoms with E-state index in [1.165, 1.54) is 11.8 Å². The normalized spacial score (nSPS) is 11.4. The van der Waals surface area contributed by atoms with E-state index in [1.54, 1.807) is 33.7 Å². The number of nitrogens with one attached hydrogen (secondary N) is 1. The van der Waals surface area contributed by atoms with Crippen molar-refractivity contribution in [1.29, 1.82) is 0 Å². The van der Waals surface area contributed by atoms with Crippen LogP contribution in [0.3, 0.4) is 0 Å². The molecule has 9 nitrogen and oxygen atoms in total. The number of thioether (sulfide) groups is 1. The predicted molar refractivity (Wildman–Crippen MR) is 146 cm³/mol. The van der Waals surface area contributed by atoms with E-state index in [-0.39, 0.29) is 11.7 Å². The summed E-state index contributed by atoms with van der Waals surface area (Å²) in [5, 5.41) is 22.6. The molecule has 5 aromatic rings. The molecular formula is C25H20Cl2N8OS. The van der Waals surface area contributed by atoms with E-state index >= 15 is 0 Å². The molecule has 0 unspecified atom stereocenters. The van der Waals surface area contributed by atoms with Crippen LogP contribution in [0.4, 0.5) is 0 Å². The van der Waals surface area contributed by atoms with Crippen molar-refractivity contribution >= 4 is 58.1 Å². The van der Waals surface area contributed by atoms with Crippen molar-refractivity contribution in [3.05, 3.63) is 93.7 Å². The Hall–Kier alpha value is -3.73. The van der Waals surface area contributed by atoms with Crippen molar-refractivity contribution in [2.24, 2.45) is 5.10 Å². The summed E-state index contributed by atoms with van der Waals surface area (Å²) >= 11 is 13.9. The number of hydrogen-bond acceptors (Lipinski definition) is 7. The second kappa shape index (κ2) is 11.1. The van der Waals surface area contributed by atoms with Crippen LogP contribution in [0.15, 0.2) is 77.0 Å². The van der Waals surface area contributed by atoms with Gasteiger partial charge in [0.2, 0.25) is 0 Å². The molecule has 3 aromatic carbocycles. The molecule has 5 rings (SSSR count). The first-order valence-electron chi connectivity index (χ1n) is 11.2. The van der Waals surface area contributed by atoms with Gasteiger partial charge in [-0.1, -0.05) is 82.1 Å². The van der Waals surface area contributed by atoms with E-state index in [9.17, 15) is 4.79 Å². The number of rotatable bonds is 8. The average molecular weight is 551 g/mol. The Morgan fingerprint density at radius 1 is 1.05 bits per heavy atom.